The van der Waals surface area contributed by atoms with Gasteiger partial charge in [0.2, 0.25) is 0 Å². The number of aryl methyl sites for hydroxylation is 1. The van der Waals surface area contributed by atoms with E-state index in [0.29, 0.717) is 23.0 Å². The first-order valence-electron chi connectivity index (χ1n) is 8.96. The van der Waals surface area contributed by atoms with Crippen LogP contribution in [-0.2, 0) is 4.74 Å². The van der Waals surface area contributed by atoms with E-state index in [1.165, 1.54) is 17.6 Å². The molecule has 1 aliphatic heterocycles. The van der Waals surface area contributed by atoms with Gasteiger partial charge in [-0.3, -0.25) is 9.59 Å². The van der Waals surface area contributed by atoms with Crippen LogP contribution in [-0.4, -0.2) is 45.2 Å². The molecule has 0 bridgehead atoms. The van der Waals surface area contributed by atoms with Gasteiger partial charge in [-0.1, -0.05) is 0 Å². The van der Waals surface area contributed by atoms with E-state index in [-0.39, 0.29) is 23.0 Å². The Hall–Kier alpha value is -2.16. The van der Waals surface area contributed by atoms with Crippen LogP contribution in [0.3, 0.4) is 0 Å². The first kappa shape index (κ1) is 19.6. The number of methoxy groups -OCH3 is 1. The van der Waals surface area contributed by atoms with Crippen LogP contribution in [0.2, 0.25) is 0 Å². The number of nitrogens with one attached hydrogen (secondary N) is 3. The molecule has 27 heavy (non-hydrogen) atoms. The van der Waals surface area contributed by atoms with Crippen molar-refractivity contribution in [1.29, 1.82) is 0 Å². The molecule has 3 rings (SSSR count). The van der Waals surface area contributed by atoms with Crippen molar-refractivity contribution in [3.05, 3.63) is 40.7 Å². The zero-order chi connectivity index (χ0) is 19.3. The maximum absolute atomic E-state index is 12.7. The third kappa shape index (κ3) is 4.77. The maximum atomic E-state index is 12.7. The van der Waals surface area contributed by atoms with Crippen molar-refractivity contribution >= 4 is 28.2 Å². The van der Waals surface area contributed by atoms with Crippen LogP contribution in [0.15, 0.2) is 28.9 Å². The molecule has 3 heterocycles. The first-order chi connectivity index (χ1) is 13.0. The summed E-state index contributed by atoms with van der Waals surface area (Å²) < 4.78 is 10.5. The van der Waals surface area contributed by atoms with E-state index in [1.807, 2.05) is 6.92 Å². The summed E-state index contributed by atoms with van der Waals surface area (Å²) in [4.78, 5) is 25.4. The third-order valence-corrected chi connectivity index (χ3v) is 6.00. The summed E-state index contributed by atoms with van der Waals surface area (Å²) in [5.41, 5.74) is 0.801. The number of anilines is 1. The molecular weight excluding hydrogens is 366 g/mol. The van der Waals surface area contributed by atoms with Crippen molar-refractivity contribution in [2.24, 2.45) is 5.41 Å². The van der Waals surface area contributed by atoms with Gasteiger partial charge in [-0.2, -0.15) is 0 Å². The second-order valence-electron chi connectivity index (χ2n) is 6.92. The number of hydrogen-bond acceptors (Lipinski definition) is 6. The fourth-order valence-electron chi connectivity index (χ4n) is 3.33. The van der Waals surface area contributed by atoms with E-state index >= 15 is 0 Å². The summed E-state index contributed by atoms with van der Waals surface area (Å²) in [5.74, 6) is -0.216. The molecule has 1 fully saturated rings. The van der Waals surface area contributed by atoms with Gasteiger partial charge in [0, 0.05) is 19.1 Å². The van der Waals surface area contributed by atoms with Gasteiger partial charge in [-0.05, 0) is 56.6 Å². The van der Waals surface area contributed by atoms with Gasteiger partial charge in [0.1, 0.15) is 0 Å². The summed E-state index contributed by atoms with van der Waals surface area (Å²) in [7, 11) is 1.70. The van der Waals surface area contributed by atoms with Crippen molar-refractivity contribution < 1.29 is 18.7 Å². The average molecular weight is 391 g/mol. The molecule has 3 N–H and O–H groups in total. The van der Waals surface area contributed by atoms with E-state index in [9.17, 15) is 9.59 Å². The Kier molecular flexibility index (Phi) is 6.30. The van der Waals surface area contributed by atoms with E-state index in [4.69, 9.17) is 9.15 Å². The standard InChI is InChI=1S/C19H25N3O4S/c1-13-10-15(22-17(23)14-4-3-9-26-14)27-16(13)18(24)21-11-19(12-25-2)5-7-20-8-6-19/h3-4,9-10,20H,5-8,11-12H2,1-2H3,(H,21,24)(H,22,23). The number of amides is 2. The molecule has 8 heteroatoms. The fourth-order valence-corrected chi connectivity index (χ4v) is 4.32. The van der Waals surface area contributed by atoms with Crippen LogP contribution in [0.5, 0.6) is 0 Å². The van der Waals surface area contributed by atoms with Gasteiger partial charge >= 0.3 is 0 Å². The minimum absolute atomic E-state index is 0.0306. The van der Waals surface area contributed by atoms with Gasteiger partial charge < -0.3 is 25.1 Å². The highest BCUT2D eigenvalue weighted by molar-refractivity contribution is 7.18. The lowest BCUT2D eigenvalue weighted by Crippen LogP contribution is -2.47. The smallest absolute Gasteiger partial charge is 0.291 e. The molecule has 0 aromatic carbocycles. The molecule has 2 aromatic rings. The summed E-state index contributed by atoms with van der Waals surface area (Å²) >= 11 is 1.26. The van der Waals surface area contributed by atoms with Gasteiger partial charge in [0.25, 0.3) is 11.8 Å². The normalized spacial score (nSPS) is 16.1. The Bertz CT molecular complexity index is 773. The predicted molar refractivity (Wildman–Crippen MR) is 104 cm³/mol. The zero-order valence-electron chi connectivity index (χ0n) is 15.6. The molecular formula is C19H25N3O4S. The highest BCUT2D eigenvalue weighted by Gasteiger charge is 2.32. The first-order valence-corrected chi connectivity index (χ1v) is 9.78. The number of ether oxygens (including phenoxy) is 1. The van der Waals surface area contributed by atoms with E-state index in [2.05, 4.69) is 16.0 Å². The monoisotopic (exact) mass is 391 g/mol. The predicted octanol–water partition coefficient (Wildman–Crippen LogP) is 2.65. The lowest BCUT2D eigenvalue weighted by molar-refractivity contribution is 0.0512. The maximum Gasteiger partial charge on any atom is 0.291 e. The Morgan fingerprint density at radius 2 is 2.11 bits per heavy atom. The molecule has 1 aliphatic rings. The van der Waals surface area contributed by atoms with E-state index < -0.39 is 0 Å². The van der Waals surface area contributed by atoms with Crippen LogP contribution in [0.25, 0.3) is 0 Å². The number of rotatable bonds is 7. The SMILES string of the molecule is COCC1(CNC(=O)c2sc(NC(=O)c3ccco3)cc2C)CCNCC1. The minimum atomic E-state index is -0.332. The molecule has 0 saturated carbocycles. The Morgan fingerprint density at radius 1 is 1.33 bits per heavy atom. The molecule has 146 valence electrons. The summed E-state index contributed by atoms with van der Waals surface area (Å²) in [6.07, 6.45) is 3.38. The highest BCUT2D eigenvalue weighted by Crippen LogP contribution is 2.30. The van der Waals surface area contributed by atoms with Crippen LogP contribution in [0, 0.1) is 12.3 Å². The van der Waals surface area contributed by atoms with Crippen molar-refractivity contribution in [1.82, 2.24) is 10.6 Å². The number of thiophene rings is 1. The summed E-state index contributed by atoms with van der Waals surface area (Å²) in [6, 6.07) is 5.05. The minimum Gasteiger partial charge on any atom is -0.459 e. The number of furan rings is 1. The topological polar surface area (TPSA) is 92.6 Å². The Balaban J connectivity index is 1.63. The van der Waals surface area contributed by atoms with Crippen LogP contribution in [0.1, 0.15) is 38.6 Å². The van der Waals surface area contributed by atoms with Crippen LogP contribution < -0.4 is 16.0 Å². The molecule has 0 spiro atoms. The average Bonchev–Trinajstić information content (AvgIpc) is 3.31. The Labute approximate surface area is 162 Å². The lowest BCUT2D eigenvalue weighted by atomic mass is 9.79. The van der Waals surface area contributed by atoms with Crippen molar-refractivity contribution in [3.8, 4) is 0 Å². The number of carbonyl (C=O) groups is 2. The van der Waals surface area contributed by atoms with Crippen molar-refractivity contribution in [3.63, 3.8) is 0 Å². The number of hydrogen-bond donors (Lipinski definition) is 3. The quantitative estimate of drug-likeness (QED) is 0.675. The molecule has 2 amide bonds. The van der Waals surface area contributed by atoms with Gasteiger partial charge in [-0.25, -0.2) is 0 Å². The zero-order valence-corrected chi connectivity index (χ0v) is 16.4. The molecule has 1 saturated heterocycles. The largest absolute Gasteiger partial charge is 0.459 e. The van der Waals surface area contributed by atoms with Gasteiger partial charge in [-0.15, -0.1) is 11.3 Å². The van der Waals surface area contributed by atoms with Gasteiger partial charge in [0.05, 0.1) is 22.7 Å². The van der Waals surface area contributed by atoms with E-state index in [0.717, 1.165) is 31.5 Å². The summed E-state index contributed by atoms with van der Waals surface area (Å²) in [5, 5.41) is 9.80. The second-order valence-corrected chi connectivity index (χ2v) is 7.97. The van der Waals surface area contributed by atoms with Crippen molar-refractivity contribution in [2.75, 3.05) is 38.7 Å². The molecule has 0 radical (unpaired) electrons. The van der Waals surface area contributed by atoms with Crippen LogP contribution >= 0.6 is 11.3 Å². The van der Waals surface area contributed by atoms with Gasteiger partial charge in [0.15, 0.2) is 5.76 Å². The molecule has 0 aliphatic carbocycles. The molecule has 0 atom stereocenters. The van der Waals surface area contributed by atoms with E-state index in [1.54, 1.807) is 25.3 Å². The third-order valence-electron chi connectivity index (χ3n) is 4.84. The molecule has 0 unspecified atom stereocenters. The summed E-state index contributed by atoms with van der Waals surface area (Å²) in [6.45, 7) is 4.93. The number of piperidine rings is 1. The Morgan fingerprint density at radius 3 is 2.78 bits per heavy atom. The molecule has 7 nitrogen and oxygen atoms in total. The fraction of sp³-hybridized carbons (Fsp3) is 0.474. The number of carbonyl (C=O) groups excluding carboxylic acids is 2. The lowest BCUT2D eigenvalue weighted by Gasteiger charge is -2.37. The second kappa shape index (κ2) is 8.69. The molecule has 2 aromatic heterocycles. The highest BCUT2D eigenvalue weighted by atomic mass is 32.1. The van der Waals surface area contributed by atoms with Crippen LogP contribution in [0.4, 0.5) is 5.00 Å². The van der Waals surface area contributed by atoms with Crippen molar-refractivity contribution in [2.45, 2.75) is 19.8 Å².